The maximum Gasteiger partial charge on any atom is 0.187 e. The number of carbonyl (C=O) groups excluding carboxylic acids is 1. The Bertz CT molecular complexity index is 849. The highest BCUT2D eigenvalue weighted by Crippen LogP contribution is 2.19. The van der Waals surface area contributed by atoms with E-state index in [-0.39, 0.29) is 5.78 Å². The van der Waals surface area contributed by atoms with E-state index in [9.17, 15) is 4.79 Å². The quantitative estimate of drug-likeness (QED) is 0.523. The predicted octanol–water partition coefficient (Wildman–Crippen LogP) is 5.30. The van der Waals surface area contributed by atoms with Gasteiger partial charge in [-0.15, -0.1) is 0 Å². The number of benzene rings is 3. The highest BCUT2D eigenvalue weighted by molar-refractivity contribution is 6.30. The topological polar surface area (TPSA) is 29.1 Å². The van der Waals surface area contributed by atoms with Crippen molar-refractivity contribution in [1.29, 1.82) is 0 Å². The van der Waals surface area contributed by atoms with E-state index in [0.29, 0.717) is 10.6 Å². The van der Waals surface area contributed by atoms with E-state index < -0.39 is 0 Å². The lowest BCUT2D eigenvalue weighted by Crippen LogP contribution is -1.97. The van der Waals surface area contributed by atoms with Crippen LogP contribution in [-0.4, -0.2) is 5.78 Å². The maximum absolute atomic E-state index is 12.4. The van der Waals surface area contributed by atoms with Crippen LogP contribution in [0.4, 0.5) is 5.69 Å². The lowest BCUT2D eigenvalue weighted by Gasteiger charge is -2.03. The summed E-state index contributed by atoms with van der Waals surface area (Å²) < 4.78 is 0. The van der Waals surface area contributed by atoms with Gasteiger partial charge in [-0.05, 0) is 29.0 Å². The Kier molecular flexibility index (Phi) is 4.22. The largest absolute Gasteiger partial charge is 0.362 e. The van der Waals surface area contributed by atoms with Gasteiger partial charge in [0.2, 0.25) is 0 Å². The van der Waals surface area contributed by atoms with E-state index in [1.54, 1.807) is 18.3 Å². The number of hydrogen-bond donors (Lipinski definition) is 1. The fourth-order valence-electron chi connectivity index (χ4n) is 2.32. The molecule has 0 bridgehead atoms. The van der Waals surface area contributed by atoms with Crippen LogP contribution in [0.15, 0.2) is 79.0 Å². The summed E-state index contributed by atoms with van der Waals surface area (Å²) in [4.78, 5) is 12.4. The number of anilines is 1. The molecule has 0 aliphatic carbocycles. The van der Waals surface area contributed by atoms with Crippen molar-refractivity contribution in [3.05, 3.63) is 89.6 Å². The monoisotopic (exact) mass is 307 g/mol. The molecule has 3 heteroatoms. The molecule has 3 rings (SSSR count). The minimum absolute atomic E-state index is 0.0358. The highest BCUT2D eigenvalue weighted by atomic mass is 35.5. The molecule has 108 valence electrons. The zero-order chi connectivity index (χ0) is 15.4. The number of ketones is 1. The van der Waals surface area contributed by atoms with E-state index >= 15 is 0 Å². The molecule has 0 atom stereocenters. The molecule has 0 fully saturated rings. The maximum atomic E-state index is 12.4. The van der Waals surface area contributed by atoms with Crippen LogP contribution in [-0.2, 0) is 0 Å². The Labute approximate surface area is 134 Å². The molecule has 22 heavy (non-hydrogen) atoms. The number of rotatable bonds is 4. The summed E-state index contributed by atoms with van der Waals surface area (Å²) in [7, 11) is 0. The number of carbonyl (C=O) groups is 1. The second-order valence-electron chi connectivity index (χ2n) is 4.88. The molecule has 0 saturated carbocycles. The summed E-state index contributed by atoms with van der Waals surface area (Å²) >= 11 is 5.92. The molecule has 0 saturated heterocycles. The van der Waals surface area contributed by atoms with Crippen molar-refractivity contribution in [2.75, 3.05) is 5.32 Å². The molecule has 2 nitrogen and oxygen atoms in total. The standard InChI is InChI=1S/C19H14ClNO/c20-15-7-4-8-16(13-15)21-12-11-19(22)18-10-3-6-14-5-1-2-9-17(14)18/h1-13,21H. The molecule has 0 aromatic heterocycles. The molecular weight excluding hydrogens is 294 g/mol. The molecule has 0 aliphatic heterocycles. The summed E-state index contributed by atoms with van der Waals surface area (Å²) in [5.74, 6) is -0.0358. The first-order chi connectivity index (χ1) is 10.7. The normalized spacial score (nSPS) is 11.0. The Morgan fingerprint density at radius 2 is 1.73 bits per heavy atom. The summed E-state index contributed by atoms with van der Waals surface area (Å²) in [6.45, 7) is 0. The van der Waals surface area contributed by atoms with Gasteiger partial charge in [-0.3, -0.25) is 4.79 Å². The van der Waals surface area contributed by atoms with Crippen molar-refractivity contribution in [3.8, 4) is 0 Å². The first-order valence-electron chi connectivity index (χ1n) is 6.95. The van der Waals surface area contributed by atoms with Gasteiger partial charge >= 0.3 is 0 Å². The fraction of sp³-hybridized carbons (Fsp3) is 0. The van der Waals surface area contributed by atoms with Gasteiger partial charge in [-0.25, -0.2) is 0 Å². The Balaban J connectivity index is 1.80. The van der Waals surface area contributed by atoms with Crippen molar-refractivity contribution in [2.24, 2.45) is 0 Å². The molecule has 1 N–H and O–H groups in total. The lowest BCUT2D eigenvalue weighted by atomic mass is 10.0. The SMILES string of the molecule is O=C(C=CNc1cccc(Cl)c1)c1cccc2ccccc12. The second-order valence-corrected chi connectivity index (χ2v) is 5.32. The van der Waals surface area contributed by atoms with Crippen molar-refractivity contribution in [2.45, 2.75) is 0 Å². The minimum Gasteiger partial charge on any atom is -0.362 e. The van der Waals surface area contributed by atoms with Gasteiger partial charge in [0, 0.05) is 28.5 Å². The zero-order valence-electron chi connectivity index (χ0n) is 11.8. The van der Waals surface area contributed by atoms with Crippen LogP contribution in [0, 0.1) is 0 Å². The average Bonchev–Trinajstić information content (AvgIpc) is 2.54. The number of hydrogen-bond acceptors (Lipinski definition) is 2. The number of halogens is 1. The first kappa shape index (κ1) is 14.4. The second kappa shape index (κ2) is 6.46. The summed E-state index contributed by atoms with van der Waals surface area (Å²) in [5, 5.41) is 5.72. The molecule has 0 amide bonds. The highest BCUT2D eigenvalue weighted by Gasteiger charge is 2.06. The number of allylic oxidation sites excluding steroid dienone is 1. The van der Waals surface area contributed by atoms with Crippen LogP contribution in [0.2, 0.25) is 5.02 Å². The van der Waals surface area contributed by atoms with Gasteiger partial charge in [0.15, 0.2) is 5.78 Å². The third-order valence-electron chi connectivity index (χ3n) is 3.36. The molecule has 0 spiro atoms. The van der Waals surface area contributed by atoms with Crippen LogP contribution in [0.1, 0.15) is 10.4 Å². The lowest BCUT2D eigenvalue weighted by molar-refractivity contribution is 0.104. The molecule has 0 aliphatic rings. The van der Waals surface area contributed by atoms with Crippen LogP contribution in [0.3, 0.4) is 0 Å². The van der Waals surface area contributed by atoms with Gasteiger partial charge in [0.1, 0.15) is 0 Å². The Morgan fingerprint density at radius 1 is 0.955 bits per heavy atom. The van der Waals surface area contributed by atoms with Crippen molar-refractivity contribution in [1.82, 2.24) is 0 Å². The third-order valence-corrected chi connectivity index (χ3v) is 3.60. The fourth-order valence-corrected chi connectivity index (χ4v) is 2.51. The molecule has 0 radical (unpaired) electrons. The van der Waals surface area contributed by atoms with Gasteiger partial charge in [0.05, 0.1) is 0 Å². The third kappa shape index (κ3) is 3.18. The average molecular weight is 308 g/mol. The van der Waals surface area contributed by atoms with E-state index in [2.05, 4.69) is 5.32 Å². The Hall–Kier alpha value is -2.58. The van der Waals surface area contributed by atoms with Gasteiger partial charge < -0.3 is 5.32 Å². The molecular formula is C19H14ClNO. The number of fused-ring (bicyclic) bond motifs is 1. The summed E-state index contributed by atoms with van der Waals surface area (Å²) in [6.07, 6.45) is 3.17. The van der Waals surface area contributed by atoms with E-state index in [1.807, 2.05) is 54.6 Å². The minimum atomic E-state index is -0.0358. The van der Waals surface area contributed by atoms with E-state index in [4.69, 9.17) is 11.6 Å². The van der Waals surface area contributed by atoms with Crippen molar-refractivity contribution in [3.63, 3.8) is 0 Å². The van der Waals surface area contributed by atoms with Crippen LogP contribution < -0.4 is 5.32 Å². The molecule has 3 aromatic rings. The van der Waals surface area contributed by atoms with Crippen molar-refractivity contribution >= 4 is 33.8 Å². The predicted molar refractivity (Wildman–Crippen MR) is 92.5 cm³/mol. The van der Waals surface area contributed by atoms with Crippen LogP contribution >= 0.6 is 11.6 Å². The summed E-state index contributed by atoms with van der Waals surface area (Å²) in [5.41, 5.74) is 1.54. The van der Waals surface area contributed by atoms with Crippen LogP contribution in [0.25, 0.3) is 10.8 Å². The first-order valence-corrected chi connectivity index (χ1v) is 7.32. The van der Waals surface area contributed by atoms with Crippen molar-refractivity contribution < 1.29 is 4.79 Å². The van der Waals surface area contributed by atoms with Gasteiger partial charge in [0.25, 0.3) is 0 Å². The summed E-state index contributed by atoms with van der Waals surface area (Å²) in [6, 6.07) is 20.9. The molecule has 0 heterocycles. The van der Waals surface area contributed by atoms with Gasteiger partial charge in [-0.2, -0.15) is 0 Å². The van der Waals surface area contributed by atoms with Gasteiger partial charge in [-0.1, -0.05) is 60.1 Å². The molecule has 3 aromatic carbocycles. The Morgan fingerprint density at radius 3 is 2.59 bits per heavy atom. The van der Waals surface area contributed by atoms with E-state index in [0.717, 1.165) is 16.5 Å². The zero-order valence-corrected chi connectivity index (χ0v) is 12.5. The molecule has 0 unspecified atom stereocenters. The van der Waals surface area contributed by atoms with Crippen LogP contribution in [0.5, 0.6) is 0 Å². The number of nitrogens with one attached hydrogen (secondary N) is 1. The van der Waals surface area contributed by atoms with E-state index in [1.165, 1.54) is 6.08 Å². The smallest absolute Gasteiger partial charge is 0.187 e.